The van der Waals surface area contributed by atoms with E-state index >= 15 is 0 Å². The van der Waals surface area contributed by atoms with Gasteiger partial charge in [-0.3, -0.25) is 0 Å². The van der Waals surface area contributed by atoms with Crippen molar-refractivity contribution in [1.29, 1.82) is 0 Å². The molecule has 49 heavy (non-hydrogen) atoms. The van der Waals surface area contributed by atoms with Gasteiger partial charge in [-0.25, -0.2) is 0 Å². The molecule has 4 aromatic rings. The summed E-state index contributed by atoms with van der Waals surface area (Å²) in [5.74, 6) is 3.84. The average Bonchev–Trinajstić information content (AvgIpc) is 4.02. The summed E-state index contributed by atoms with van der Waals surface area (Å²) in [7, 11) is 1.73. The van der Waals surface area contributed by atoms with Crippen LogP contribution in [0.15, 0.2) is 77.3 Å². The third-order valence-corrected chi connectivity index (χ3v) is 16.4. The summed E-state index contributed by atoms with van der Waals surface area (Å²) >= 11 is 0. The van der Waals surface area contributed by atoms with Crippen LogP contribution in [0.3, 0.4) is 0 Å². The molecule has 0 bridgehead atoms. The summed E-state index contributed by atoms with van der Waals surface area (Å²) in [4.78, 5) is 4.91. The number of ether oxygens (including phenoxy) is 1. The Balaban J connectivity index is 0.910. The standard InChI is InChI=1S/C42H57N3O3Si/c1-42(2,3)49(35-12-8-6-9-13-35,36-14-10-7-11-15-36)47-30-34-26-33(34)27-45-24-22-31(23-25-45)18-20-39-37-19-21-40(46-29-32-16-17-32)38(28-44(4)5)41(37)48-43-39/h6-15,19,21,31-34H,16-18,20,22-30H2,1-5H3/t33-,34-/m1/s1. The number of aromatic nitrogens is 1. The topological polar surface area (TPSA) is 51.0 Å². The number of benzene rings is 3. The summed E-state index contributed by atoms with van der Waals surface area (Å²) in [5.41, 5.74) is 3.14. The van der Waals surface area contributed by atoms with E-state index in [0.29, 0.717) is 5.92 Å². The lowest BCUT2D eigenvalue weighted by atomic mass is 9.91. The fourth-order valence-electron chi connectivity index (χ4n) is 8.23. The number of rotatable bonds is 15. The molecule has 2 aliphatic carbocycles. The predicted octanol–water partition coefficient (Wildman–Crippen LogP) is 7.54. The first-order valence-electron chi connectivity index (χ1n) is 18.9. The van der Waals surface area contributed by atoms with E-state index in [1.165, 1.54) is 68.5 Å². The van der Waals surface area contributed by atoms with Crippen molar-refractivity contribution < 1.29 is 13.7 Å². The molecule has 1 aliphatic heterocycles. The Morgan fingerprint density at radius 3 is 2.12 bits per heavy atom. The molecule has 1 saturated heterocycles. The van der Waals surface area contributed by atoms with Crippen molar-refractivity contribution >= 4 is 29.7 Å². The zero-order chi connectivity index (χ0) is 34.0. The highest BCUT2D eigenvalue weighted by molar-refractivity contribution is 6.99. The van der Waals surface area contributed by atoms with Gasteiger partial charge in [-0.05, 0) is 123 Å². The van der Waals surface area contributed by atoms with Crippen molar-refractivity contribution in [2.75, 3.05) is 46.9 Å². The van der Waals surface area contributed by atoms with Crippen LogP contribution in [0.2, 0.25) is 5.04 Å². The number of aryl methyl sites for hydroxylation is 1. The first-order chi connectivity index (χ1) is 23.7. The number of likely N-dealkylation sites (tertiary alicyclic amines) is 1. The molecule has 7 rings (SSSR count). The van der Waals surface area contributed by atoms with Gasteiger partial charge in [0.2, 0.25) is 0 Å². The minimum atomic E-state index is -2.47. The molecular formula is C42H57N3O3Si. The molecule has 262 valence electrons. The van der Waals surface area contributed by atoms with E-state index in [1.54, 1.807) is 0 Å². The van der Waals surface area contributed by atoms with Crippen LogP contribution >= 0.6 is 0 Å². The smallest absolute Gasteiger partial charge is 0.261 e. The van der Waals surface area contributed by atoms with Gasteiger partial charge in [-0.15, -0.1) is 0 Å². The summed E-state index contributed by atoms with van der Waals surface area (Å²) in [6.45, 7) is 13.2. The van der Waals surface area contributed by atoms with Gasteiger partial charge in [-0.2, -0.15) is 0 Å². The van der Waals surface area contributed by atoms with Crippen LogP contribution in [-0.4, -0.2) is 70.2 Å². The van der Waals surface area contributed by atoms with Gasteiger partial charge in [-0.1, -0.05) is 86.6 Å². The van der Waals surface area contributed by atoms with E-state index < -0.39 is 8.32 Å². The van der Waals surface area contributed by atoms with Crippen LogP contribution in [0, 0.1) is 23.7 Å². The molecular weight excluding hydrogens is 623 g/mol. The lowest BCUT2D eigenvalue weighted by Crippen LogP contribution is -2.66. The zero-order valence-electron chi connectivity index (χ0n) is 30.5. The van der Waals surface area contributed by atoms with Crippen molar-refractivity contribution in [3.63, 3.8) is 0 Å². The average molecular weight is 680 g/mol. The molecule has 7 heteroatoms. The maximum atomic E-state index is 7.28. The summed E-state index contributed by atoms with van der Waals surface area (Å²) in [6, 6.07) is 26.5. The second kappa shape index (κ2) is 14.7. The SMILES string of the molecule is CN(C)Cc1c(OCC2CC2)ccc2c(CCC3CCN(C[C@H]4C[C@@H]4CO[Si](c4ccccc4)(c4ccccc4)C(C)(C)C)CC3)noc12. The van der Waals surface area contributed by atoms with Crippen LogP contribution in [-0.2, 0) is 17.4 Å². The van der Waals surface area contributed by atoms with Crippen LogP contribution in [0.4, 0.5) is 0 Å². The van der Waals surface area contributed by atoms with Crippen molar-refractivity contribution in [3.8, 4) is 5.75 Å². The summed E-state index contributed by atoms with van der Waals surface area (Å²) in [5, 5.41) is 8.53. The number of nitrogens with zero attached hydrogens (tertiary/aromatic N) is 3. The number of fused-ring (bicyclic) bond motifs is 1. The highest BCUT2D eigenvalue weighted by Crippen LogP contribution is 2.43. The van der Waals surface area contributed by atoms with Crippen molar-refractivity contribution in [2.24, 2.45) is 23.7 Å². The minimum Gasteiger partial charge on any atom is -0.493 e. The zero-order valence-corrected chi connectivity index (χ0v) is 31.5. The van der Waals surface area contributed by atoms with Crippen LogP contribution in [0.5, 0.6) is 5.75 Å². The molecule has 3 fully saturated rings. The Morgan fingerprint density at radius 1 is 0.837 bits per heavy atom. The molecule has 2 atom stereocenters. The highest BCUT2D eigenvalue weighted by Gasteiger charge is 2.51. The highest BCUT2D eigenvalue weighted by atomic mass is 28.4. The van der Waals surface area contributed by atoms with E-state index in [1.807, 2.05) is 0 Å². The van der Waals surface area contributed by atoms with E-state index in [4.69, 9.17) is 13.7 Å². The normalized spacial score (nSPS) is 20.7. The summed E-state index contributed by atoms with van der Waals surface area (Å²) in [6.07, 6.45) is 8.57. The lowest BCUT2D eigenvalue weighted by Gasteiger charge is -2.43. The fourth-order valence-corrected chi connectivity index (χ4v) is 12.8. The van der Waals surface area contributed by atoms with Gasteiger partial charge in [0.25, 0.3) is 8.32 Å². The Hall–Kier alpha value is -2.97. The van der Waals surface area contributed by atoms with Crippen LogP contribution < -0.4 is 15.1 Å². The molecule has 0 amide bonds. The Kier molecular flexibility index (Phi) is 10.3. The maximum Gasteiger partial charge on any atom is 0.261 e. The monoisotopic (exact) mass is 679 g/mol. The molecule has 0 spiro atoms. The van der Waals surface area contributed by atoms with Gasteiger partial charge in [0.05, 0.1) is 17.9 Å². The number of hydrogen-bond acceptors (Lipinski definition) is 6. The van der Waals surface area contributed by atoms with Gasteiger partial charge in [0.15, 0.2) is 5.58 Å². The van der Waals surface area contributed by atoms with Crippen molar-refractivity contribution in [3.05, 3.63) is 84.1 Å². The Bertz CT molecular complexity index is 1620. The van der Waals surface area contributed by atoms with Gasteiger partial charge < -0.3 is 23.5 Å². The molecule has 0 unspecified atom stereocenters. The Morgan fingerprint density at radius 2 is 1.51 bits per heavy atom. The van der Waals surface area contributed by atoms with Gasteiger partial charge in [0, 0.05) is 25.1 Å². The largest absolute Gasteiger partial charge is 0.493 e. The van der Waals surface area contributed by atoms with Crippen molar-refractivity contribution in [1.82, 2.24) is 15.0 Å². The second-order valence-corrected chi connectivity index (χ2v) is 20.9. The van der Waals surface area contributed by atoms with Gasteiger partial charge >= 0.3 is 0 Å². The molecule has 3 aliphatic rings. The van der Waals surface area contributed by atoms with Crippen LogP contribution in [0.1, 0.15) is 70.6 Å². The quantitative estimate of drug-likeness (QED) is 0.121. The maximum absolute atomic E-state index is 7.28. The van der Waals surface area contributed by atoms with E-state index in [0.717, 1.165) is 71.9 Å². The molecule has 2 heterocycles. The van der Waals surface area contributed by atoms with E-state index in [2.05, 4.69) is 123 Å². The predicted molar refractivity (Wildman–Crippen MR) is 202 cm³/mol. The molecule has 6 nitrogen and oxygen atoms in total. The Labute approximate surface area is 295 Å². The molecule has 0 radical (unpaired) electrons. The summed E-state index contributed by atoms with van der Waals surface area (Å²) < 4.78 is 19.5. The van der Waals surface area contributed by atoms with Crippen LogP contribution in [0.25, 0.3) is 11.0 Å². The molecule has 0 N–H and O–H groups in total. The molecule has 2 saturated carbocycles. The lowest BCUT2D eigenvalue weighted by molar-refractivity contribution is 0.167. The van der Waals surface area contributed by atoms with Crippen molar-refractivity contribution in [2.45, 2.75) is 77.3 Å². The van der Waals surface area contributed by atoms with E-state index in [-0.39, 0.29) is 5.04 Å². The third-order valence-electron chi connectivity index (χ3n) is 11.4. The number of piperidine rings is 1. The first kappa shape index (κ1) is 34.5. The van der Waals surface area contributed by atoms with Gasteiger partial charge in [0.1, 0.15) is 5.75 Å². The third kappa shape index (κ3) is 7.85. The van der Waals surface area contributed by atoms with E-state index in [9.17, 15) is 0 Å². The number of hydrogen-bond donors (Lipinski definition) is 0. The molecule has 3 aromatic carbocycles. The molecule has 1 aromatic heterocycles. The second-order valence-electron chi connectivity index (χ2n) is 16.6. The minimum absolute atomic E-state index is 0.0294. The first-order valence-corrected chi connectivity index (χ1v) is 20.8. The fraction of sp³-hybridized carbons (Fsp3) is 0.548.